The van der Waals surface area contributed by atoms with Gasteiger partial charge in [0, 0.05) is 13.1 Å². The number of hydrogen-bond acceptors (Lipinski definition) is 4. The molecule has 0 rings (SSSR count). The van der Waals surface area contributed by atoms with Gasteiger partial charge in [-0.1, -0.05) is 0 Å². The van der Waals surface area contributed by atoms with Gasteiger partial charge in [-0.2, -0.15) is 0 Å². The number of ether oxygens (including phenoxy) is 1. The fraction of sp³-hybridized carbons (Fsp3) is 0.909. The van der Waals surface area contributed by atoms with E-state index in [4.69, 9.17) is 4.74 Å². The number of esters is 1. The number of carbonyl (C=O) groups is 1. The number of carbonyl (C=O) groups excluding carboxylic acids is 1. The molecular formula is C11H23NO3. The first-order valence-electron chi connectivity index (χ1n) is 5.41. The predicted octanol–water partition coefficient (Wildman–Crippen LogP) is 1.03. The molecule has 0 aromatic rings. The first-order chi connectivity index (χ1) is 6.85. The van der Waals surface area contributed by atoms with E-state index in [1.165, 1.54) is 0 Å². The van der Waals surface area contributed by atoms with E-state index in [0.717, 1.165) is 6.54 Å². The lowest BCUT2D eigenvalue weighted by atomic mass is 10.1. The molecule has 0 saturated carbocycles. The Labute approximate surface area is 92.2 Å². The average Bonchev–Trinajstić information content (AvgIpc) is 2.11. The van der Waals surface area contributed by atoms with E-state index in [0.29, 0.717) is 26.0 Å². The maximum absolute atomic E-state index is 11.1. The molecule has 1 N–H and O–H groups in total. The highest BCUT2D eigenvalue weighted by Gasteiger charge is 2.13. The number of rotatable bonds is 7. The summed E-state index contributed by atoms with van der Waals surface area (Å²) in [6.45, 7) is 7.26. The van der Waals surface area contributed by atoms with Crippen LogP contribution in [0.5, 0.6) is 0 Å². The number of hydrogen-bond donors (Lipinski definition) is 1. The van der Waals surface area contributed by atoms with Gasteiger partial charge in [0.25, 0.3) is 0 Å². The zero-order valence-corrected chi connectivity index (χ0v) is 10.2. The molecule has 0 saturated heterocycles. The smallest absolute Gasteiger partial charge is 0.307 e. The molecule has 0 aromatic heterocycles. The van der Waals surface area contributed by atoms with E-state index < -0.39 is 5.60 Å². The Morgan fingerprint density at radius 3 is 2.47 bits per heavy atom. The normalized spacial score (nSPS) is 11.9. The third-order valence-electron chi connectivity index (χ3n) is 2.11. The van der Waals surface area contributed by atoms with E-state index in [9.17, 15) is 9.90 Å². The van der Waals surface area contributed by atoms with Crippen molar-refractivity contribution in [2.45, 2.75) is 39.2 Å². The second kappa shape index (κ2) is 6.80. The molecule has 0 fully saturated rings. The highest BCUT2D eigenvalue weighted by molar-refractivity contribution is 5.69. The van der Waals surface area contributed by atoms with Crippen LogP contribution in [0.1, 0.15) is 33.6 Å². The average molecular weight is 217 g/mol. The topological polar surface area (TPSA) is 49.8 Å². The van der Waals surface area contributed by atoms with Crippen LogP contribution in [0.25, 0.3) is 0 Å². The molecule has 0 unspecified atom stereocenters. The minimum Gasteiger partial charge on any atom is -0.466 e. The lowest BCUT2D eigenvalue weighted by Crippen LogP contribution is -2.30. The van der Waals surface area contributed by atoms with Gasteiger partial charge < -0.3 is 14.7 Å². The number of nitrogens with zero attached hydrogens (tertiary/aromatic N) is 1. The van der Waals surface area contributed by atoms with Gasteiger partial charge in [-0.25, -0.2) is 0 Å². The summed E-state index contributed by atoms with van der Waals surface area (Å²) in [6, 6.07) is 0. The van der Waals surface area contributed by atoms with Gasteiger partial charge in [0.05, 0.1) is 18.6 Å². The van der Waals surface area contributed by atoms with Crippen molar-refractivity contribution in [1.82, 2.24) is 4.90 Å². The number of aliphatic hydroxyl groups is 1. The van der Waals surface area contributed by atoms with Crippen molar-refractivity contribution in [1.29, 1.82) is 0 Å². The molecule has 0 aliphatic heterocycles. The summed E-state index contributed by atoms with van der Waals surface area (Å²) in [5, 5.41) is 9.51. The van der Waals surface area contributed by atoms with Crippen LogP contribution in [0.3, 0.4) is 0 Å². The minimum atomic E-state index is -0.641. The van der Waals surface area contributed by atoms with Gasteiger partial charge in [-0.05, 0) is 34.2 Å². The van der Waals surface area contributed by atoms with Crippen molar-refractivity contribution < 1.29 is 14.6 Å². The van der Waals surface area contributed by atoms with Gasteiger partial charge in [-0.15, -0.1) is 0 Å². The van der Waals surface area contributed by atoms with Crippen LogP contribution in [0.2, 0.25) is 0 Å². The molecule has 0 aromatic carbocycles. The van der Waals surface area contributed by atoms with Crippen molar-refractivity contribution in [3.8, 4) is 0 Å². The van der Waals surface area contributed by atoms with E-state index in [-0.39, 0.29) is 5.97 Å². The molecule has 4 heteroatoms. The van der Waals surface area contributed by atoms with Crippen molar-refractivity contribution in [2.24, 2.45) is 0 Å². The lowest BCUT2D eigenvalue weighted by molar-refractivity contribution is -0.143. The Kier molecular flexibility index (Phi) is 6.52. The molecule has 0 bridgehead atoms. The van der Waals surface area contributed by atoms with E-state index in [1.807, 2.05) is 11.9 Å². The van der Waals surface area contributed by atoms with Crippen molar-refractivity contribution >= 4 is 5.97 Å². The standard InChI is InChI=1S/C11H23NO3/c1-5-15-10(13)6-8-12(4)9-7-11(2,3)14/h14H,5-9H2,1-4H3. The summed E-state index contributed by atoms with van der Waals surface area (Å²) < 4.78 is 4.82. The first-order valence-corrected chi connectivity index (χ1v) is 5.41. The largest absolute Gasteiger partial charge is 0.466 e. The summed E-state index contributed by atoms with van der Waals surface area (Å²) in [5.41, 5.74) is -0.641. The predicted molar refractivity (Wildman–Crippen MR) is 59.7 cm³/mol. The summed E-state index contributed by atoms with van der Waals surface area (Å²) in [4.78, 5) is 13.1. The Hall–Kier alpha value is -0.610. The third-order valence-corrected chi connectivity index (χ3v) is 2.11. The molecule has 0 radical (unpaired) electrons. The second-order valence-electron chi connectivity index (χ2n) is 4.42. The molecule has 90 valence electrons. The zero-order valence-electron chi connectivity index (χ0n) is 10.2. The van der Waals surface area contributed by atoms with Crippen LogP contribution >= 0.6 is 0 Å². The second-order valence-corrected chi connectivity index (χ2v) is 4.42. The van der Waals surface area contributed by atoms with E-state index in [2.05, 4.69) is 0 Å². The molecule has 0 amide bonds. The Balaban J connectivity index is 3.57. The van der Waals surface area contributed by atoms with Crippen LogP contribution < -0.4 is 0 Å². The molecule has 0 aliphatic carbocycles. The molecule has 0 heterocycles. The van der Waals surface area contributed by atoms with Gasteiger partial charge >= 0.3 is 5.97 Å². The summed E-state index contributed by atoms with van der Waals surface area (Å²) >= 11 is 0. The fourth-order valence-electron chi connectivity index (χ4n) is 1.09. The molecular weight excluding hydrogens is 194 g/mol. The van der Waals surface area contributed by atoms with Gasteiger partial charge in [-0.3, -0.25) is 4.79 Å². The van der Waals surface area contributed by atoms with E-state index >= 15 is 0 Å². The Morgan fingerprint density at radius 2 is 2.00 bits per heavy atom. The fourth-order valence-corrected chi connectivity index (χ4v) is 1.09. The molecule has 4 nitrogen and oxygen atoms in total. The van der Waals surface area contributed by atoms with Crippen LogP contribution in [0, 0.1) is 0 Å². The van der Waals surface area contributed by atoms with Crippen molar-refractivity contribution in [3.63, 3.8) is 0 Å². The quantitative estimate of drug-likeness (QED) is 0.647. The van der Waals surface area contributed by atoms with Crippen LogP contribution in [0.15, 0.2) is 0 Å². The van der Waals surface area contributed by atoms with Gasteiger partial charge in [0.2, 0.25) is 0 Å². The molecule has 0 spiro atoms. The summed E-state index contributed by atoms with van der Waals surface area (Å²) in [5.74, 6) is -0.160. The summed E-state index contributed by atoms with van der Waals surface area (Å²) in [6.07, 6.45) is 1.11. The lowest BCUT2D eigenvalue weighted by Gasteiger charge is -2.22. The molecule has 0 aliphatic rings. The highest BCUT2D eigenvalue weighted by Crippen LogP contribution is 2.07. The van der Waals surface area contributed by atoms with Gasteiger partial charge in [0.1, 0.15) is 0 Å². The van der Waals surface area contributed by atoms with Crippen LogP contribution in [-0.4, -0.2) is 48.3 Å². The highest BCUT2D eigenvalue weighted by atomic mass is 16.5. The first kappa shape index (κ1) is 14.4. The van der Waals surface area contributed by atoms with E-state index in [1.54, 1.807) is 20.8 Å². The van der Waals surface area contributed by atoms with Gasteiger partial charge in [0.15, 0.2) is 0 Å². The zero-order chi connectivity index (χ0) is 11.9. The Morgan fingerprint density at radius 1 is 1.40 bits per heavy atom. The van der Waals surface area contributed by atoms with Crippen LogP contribution in [0.4, 0.5) is 0 Å². The SMILES string of the molecule is CCOC(=O)CCN(C)CCC(C)(C)O. The Bertz CT molecular complexity index is 187. The van der Waals surface area contributed by atoms with Crippen LogP contribution in [-0.2, 0) is 9.53 Å². The minimum absolute atomic E-state index is 0.160. The van der Waals surface area contributed by atoms with Crippen molar-refractivity contribution in [3.05, 3.63) is 0 Å². The molecule has 0 atom stereocenters. The molecule has 15 heavy (non-hydrogen) atoms. The summed E-state index contributed by atoms with van der Waals surface area (Å²) in [7, 11) is 1.94. The monoisotopic (exact) mass is 217 g/mol. The maximum Gasteiger partial charge on any atom is 0.307 e. The van der Waals surface area contributed by atoms with Crippen molar-refractivity contribution in [2.75, 3.05) is 26.7 Å². The maximum atomic E-state index is 11.1. The third kappa shape index (κ3) is 9.69.